The van der Waals surface area contributed by atoms with Crippen molar-refractivity contribution in [3.63, 3.8) is 0 Å². The molecule has 0 bridgehead atoms. The van der Waals surface area contributed by atoms with Gasteiger partial charge in [-0.25, -0.2) is 4.79 Å². The highest BCUT2D eigenvalue weighted by Crippen LogP contribution is 2.44. The molecule has 0 spiro atoms. The Bertz CT molecular complexity index is 544. The summed E-state index contributed by atoms with van der Waals surface area (Å²) in [4.78, 5) is 11.0. The molecule has 0 radical (unpaired) electrons. The van der Waals surface area contributed by atoms with Crippen molar-refractivity contribution in [2.75, 3.05) is 0 Å². The molecule has 4 atom stereocenters. The van der Waals surface area contributed by atoms with Crippen molar-refractivity contribution in [3.05, 3.63) is 46.3 Å². The Morgan fingerprint density at radius 1 is 1.33 bits per heavy atom. The molecule has 0 aliphatic carbocycles. The fourth-order valence-electron chi connectivity index (χ4n) is 2.49. The van der Waals surface area contributed by atoms with Crippen molar-refractivity contribution in [1.29, 1.82) is 0 Å². The molecule has 2 N–H and O–H groups in total. The summed E-state index contributed by atoms with van der Waals surface area (Å²) in [6.45, 7) is 1.97. The van der Waals surface area contributed by atoms with Crippen LogP contribution in [0.25, 0.3) is 0 Å². The predicted molar refractivity (Wildman–Crippen MR) is 88.4 cm³/mol. The van der Waals surface area contributed by atoms with Gasteiger partial charge in [-0.15, -0.1) is 0 Å². The minimum atomic E-state index is -0.837. The molecular weight excluding hydrogens is 300 g/mol. The third-order valence-electron chi connectivity index (χ3n) is 4.26. The highest BCUT2D eigenvalue weighted by molar-refractivity contribution is 6.41. The number of rotatable bonds is 6. The first-order valence-electron chi connectivity index (χ1n) is 7.20. The second-order valence-corrected chi connectivity index (χ2v) is 7.98. The minimum absolute atomic E-state index is 0.00224. The first-order valence-corrected chi connectivity index (χ1v) is 9.20. The molecule has 0 saturated carbocycles. The first-order chi connectivity index (χ1) is 9.91. The third-order valence-corrected chi connectivity index (χ3v) is 7.69. The molecule has 1 aromatic rings. The van der Waals surface area contributed by atoms with E-state index < -0.39 is 12.1 Å². The Labute approximate surface area is 130 Å². The summed E-state index contributed by atoms with van der Waals surface area (Å²) in [5.41, 5.74) is 1.14. The van der Waals surface area contributed by atoms with Gasteiger partial charge in [0.2, 0.25) is 0 Å². The molecular formula is C15H22O4Si2. The Hall–Kier alpha value is -1.22. The maximum absolute atomic E-state index is 11.0. The van der Waals surface area contributed by atoms with E-state index in [1.54, 1.807) is 0 Å². The molecule has 6 heteroatoms. The Morgan fingerprint density at radius 2 is 1.95 bits per heavy atom. The van der Waals surface area contributed by atoms with Gasteiger partial charge >= 0.3 is 5.97 Å². The zero-order valence-corrected chi connectivity index (χ0v) is 16.6. The van der Waals surface area contributed by atoms with Gasteiger partial charge in [0.1, 0.15) is 6.10 Å². The highest BCUT2D eigenvalue weighted by atomic mass is 28.2. The van der Waals surface area contributed by atoms with Gasteiger partial charge in [-0.3, -0.25) is 0 Å². The van der Waals surface area contributed by atoms with Gasteiger partial charge in [-0.05, 0) is 12.0 Å². The van der Waals surface area contributed by atoms with Crippen molar-refractivity contribution in [1.82, 2.24) is 0 Å². The molecule has 1 saturated heterocycles. The van der Waals surface area contributed by atoms with Crippen LogP contribution in [0, 0.1) is 5.92 Å². The van der Waals surface area contributed by atoms with Crippen LogP contribution < -0.4 is 0 Å². The summed E-state index contributed by atoms with van der Waals surface area (Å²) in [5.74, 6) is -0.834. The van der Waals surface area contributed by atoms with E-state index in [0.29, 0.717) is 32.1 Å². The molecule has 0 amide bonds. The summed E-state index contributed by atoms with van der Waals surface area (Å²) < 4.78 is 5.70. The van der Waals surface area contributed by atoms with Crippen LogP contribution in [0.4, 0.5) is 0 Å². The lowest BCUT2D eigenvalue weighted by atomic mass is 9.94. The van der Waals surface area contributed by atoms with E-state index in [0.717, 1.165) is 10.8 Å². The summed E-state index contributed by atoms with van der Waals surface area (Å²) in [5, 5.41) is 20.7. The Kier molecular flexibility index (Phi) is 5.15. The maximum Gasteiger partial charge on any atom is 0.325 e. The zero-order chi connectivity index (χ0) is 15.6. The number of hydrogen-bond acceptors (Lipinski definition) is 3. The predicted octanol–water partition coefficient (Wildman–Crippen LogP) is -0.459. The van der Waals surface area contributed by atoms with E-state index in [9.17, 15) is 9.90 Å². The quantitative estimate of drug-likeness (QED) is 0.422. The first kappa shape index (κ1) is 16.2. The number of hydrogen-bond donors (Lipinski definition) is 2. The van der Waals surface area contributed by atoms with E-state index in [1.165, 1.54) is 0 Å². The molecule has 1 aliphatic rings. The lowest BCUT2D eigenvalue weighted by molar-refractivity contribution is -0.131. The fraction of sp³-hybridized carbons (Fsp3) is 0.400. The van der Waals surface area contributed by atoms with Crippen molar-refractivity contribution in [2.24, 2.45) is 5.92 Å². The number of benzene rings is 1. The normalized spacial score (nSPS) is 25.2. The summed E-state index contributed by atoms with van der Waals surface area (Å²) in [6, 6.07) is 9.99. The van der Waals surface area contributed by atoms with E-state index >= 15 is 0 Å². The van der Waals surface area contributed by atoms with Crippen LogP contribution in [0.1, 0.15) is 25.0 Å². The molecule has 4 unspecified atom stereocenters. The van der Waals surface area contributed by atoms with Crippen LogP contribution in [0.2, 0.25) is 0 Å². The highest BCUT2D eigenvalue weighted by Gasteiger charge is 2.46. The number of carboxylic acid groups (broad SMARTS) is 1. The number of ether oxygens (including phenoxy) is 1. The lowest BCUT2D eigenvalue weighted by Gasteiger charge is -2.18. The molecule has 2 rings (SSSR count). The summed E-state index contributed by atoms with van der Waals surface area (Å²) in [6.07, 6.45) is 0.00553. The van der Waals surface area contributed by atoms with Crippen LogP contribution in [-0.2, 0) is 9.53 Å². The number of aliphatic hydroxyl groups excluding tert-OH is 1. The van der Waals surface area contributed by atoms with Crippen molar-refractivity contribution in [2.45, 2.75) is 31.7 Å². The van der Waals surface area contributed by atoms with Gasteiger partial charge < -0.3 is 14.9 Å². The van der Waals surface area contributed by atoms with Gasteiger partial charge in [0.15, 0.2) is 0 Å². The molecule has 1 aromatic carbocycles. The van der Waals surface area contributed by atoms with Crippen LogP contribution in [0.5, 0.6) is 0 Å². The molecule has 1 fully saturated rings. The minimum Gasteiger partial charge on any atom is -0.478 e. The van der Waals surface area contributed by atoms with Crippen LogP contribution in [0.15, 0.2) is 40.7 Å². The molecule has 114 valence electrons. The third kappa shape index (κ3) is 3.91. The Morgan fingerprint density at radius 3 is 2.52 bits per heavy atom. The van der Waals surface area contributed by atoms with E-state index in [4.69, 9.17) is 9.84 Å². The smallest absolute Gasteiger partial charge is 0.325 e. The van der Waals surface area contributed by atoms with E-state index in [1.807, 2.05) is 37.3 Å². The number of aliphatic hydroxyl groups is 1. The monoisotopic (exact) mass is 322 g/mol. The largest absolute Gasteiger partial charge is 0.478 e. The number of carbonyl (C=O) groups is 1. The SMILES string of the molecule is CC(C(O)CC([SiH3])=C([SiH3])C(=O)O)C1OC1c1ccccc1. The number of carboxylic acids is 1. The van der Waals surface area contributed by atoms with E-state index in [2.05, 4.69) is 0 Å². The van der Waals surface area contributed by atoms with Gasteiger partial charge in [-0.1, -0.05) is 42.5 Å². The summed E-state index contributed by atoms with van der Waals surface area (Å²) >= 11 is 0. The molecule has 1 aliphatic heterocycles. The van der Waals surface area contributed by atoms with E-state index in [-0.39, 0.29) is 18.1 Å². The molecule has 21 heavy (non-hydrogen) atoms. The van der Waals surface area contributed by atoms with Gasteiger partial charge in [-0.2, -0.15) is 0 Å². The maximum atomic E-state index is 11.0. The standard InChI is InChI=1S/C15H22O4Si2/c1-8(10(16)7-11(20)14(21)15(17)18)12-13(19-12)9-5-3-2-4-6-9/h2-6,8,10,12-13,16H,7H2,1,20-21H3,(H,17,18). The Balaban J connectivity index is 1.94. The molecule has 4 nitrogen and oxygen atoms in total. The lowest BCUT2D eigenvalue weighted by Crippen LogP contribution is -2.24. The second-order valence-electron chi connectivity index (χ2n) is 5.77. The van der Waals surface area contributed by atoms with Crippen molar-refractivity contribution in [3.8, 4) is 0 Å². The van der Waals surface area contributed by atoms with Crippen LogP contribution in [0.3, 0.4) is 0 Å². The topological polar surface area (TPSA) is 70.1 Å². The average Bonchev–Trinajstić information content (AvgIpc) is 3.26. The van der Waals surface area contributed by atoms with Crippen LogP contribution in [-0.4, -0.2) is 48.9 Å². The van der Waals surface area contributed by atoms with Crippen molar-refractivity contribution < 1.29 is 19.7 Å². The average molecular weight is 323 g/mol. The molecule has 1 heterocycles. The van der Waals surface area contributed by atoms with Gasteiger partial charge in [0, 0.05) is 31.6 Å². The molecule has 0 aromatic heterocycles. The summed E-state index contributed by atoms with van der Waals surface area (Å²) in [7, 11) is 1.20. The van der Waals surface area contributed by atoms with Gasteiger partial charge in [0.25, 0.3) is 0 Å². The van der Waals surface area contributed by atoms with Crippen molar-refractivity contribution >= 4 is 26.5 Å². The number of epoxide rings is 1. The van der Waals surface area contributed by atoms with Crippen LogP contribution >= 0.6 is 0 Å². The van der Waals surface area contributed by atoms with Gasteiger partial charge in [0.05, 0.1) is 12.2 Å². The second kappa shape index (κ2) is 6.70. The number of aliphatic carboxylic acids is 1. The fourth-order valence-corrected chi connectivity index (χ4v) is 3.32. The zero-order valence-electron chi connectivity index (χ0n) is 12.6.